The molecule has 0 aromatic carbocycles. The van der Waals surface area contributed by atoms with E-state index in [1.54, 1.807) is 7.11 Å². The van der Waals surface area contributed by atoms with Gasteiger partial charge < -0.3 is 28.4 Å². The molecule has 4 atom stereocenters. The van der Waals surface area contributed by atoms with E-state index in [0.29, 0.717) is 6.42 Å². The van der Waals surface area contributed by atoms with Gasteiger partial charge in [0.2, 0.25) is 6.79 Å². The van der Waals surface area contributed by atoms with Crippen LogP contribution < -0.4 is 9.47 Å². The van der Waals surface area contributed by atoms with Crippen LogP contribution in [-0.2, 0) is 28.5 Å². The van der Waals surface area contributed by atoms with Gasteiger partial charge in [-0.15, -0.1) is 0 Å². The summed E-state index contributed by atoms with van der Waals surface area (Å²) >= 11 is 0. The van der Waals surface area contributed by atoms with Crippen LogP contribution in [0.4, 0.5) is 0 Å². The maximum atomic E-state index is 13.3. The maximum Gasteiger partial charge on any atom is 0.309 e. The van der Waals surface area contributed by atoms with E-state index >= 15 is 0 Å². The normalized spacial score (nSPS) is 25.2. The Bertz CT molecular complexity index is 915. The molecule has 206 valence electrons. The number of ketones is 1. The van der Waals surface area contributed by atoms with Crippen molar-refractivity contribution in [2.24, 2.45) is 5.92 Å². The van der Waals surface area contributed by atoms with E-state index in [-0.39, 0.29) is 41.9 Å². The Morgan fingerprint density at radius 3 is 2.46 bits per heavy atom. The number of cyclic esters (lactones) is 1. The lowest BCUT2D eigenvalue weighted by atomic mass is 9.92. The van der Waals surface area contributed by atoms with Gasteiger partial charge in [0, 0.05) is 32.7 Å². The van der Waals surface area contributed by atoms with Crippen LogP contribution in [0.3, 0.4) is 0 Å². The van der Waals surface area contributed by atoms with Crippen LogP contribution in [0.15, 0.2) is 12.3 Å². The van der Waals surface area contributed by atoms with E-state index in [4.69, 9.17) is 28.4 Å². The van der Waals surface area contributed by atoms with E-state index in [2.05, 4.69) is 4.98 Å². The molecule has 0 radical (unpaired) electrons. The molecule has 37 heavy (non-hydrogen) atoms. The van der Waals surface area contributed by atoms with Gasteiger partial charge in [-0.3, -0.25) is 14.4 Å². The molecule has 2 aliphatic rings. The van der Waals surface area contributed by atoms with Crippen LogP contribution in [0.1, 0.15) is 82.1 Å². The van der Waals surface area contributed by atoms with Gasteiger partial charge in [-0.25, -0.2) is 4.98 Å². The second-order valence-corrected chi connectivity index (χ2v) is 9.62. The fraction of sp³-hybridized carbons (Fsp3) is 0.704. The number of hydrogen-bond acceptors (Lipinski definition) is 10. The van der Waals surface area contributed by atoms with Gasteiger partial charge in [-0.05, 0) is 32.6 Å². The van der Waals surface area contributed by atoms with Crippen LogP contribution in [0.2, 0.25) is 0 Å². The Labute approximate surface area is 218 Å². The highest BCUT2D eigenvalue weighted by molar-refractivity contribution is 5.99. The van der Waals surface area contributed by atoms with Crippen LogP contribution in [-0.4, -0.2) is 68.1 Å². The molecule has 3 rings (SSSR count). The number of aromatic nitrogens is 1. The summed E-state index contributed by atoms with van der Waals surface area (Å²) in [6.45, 7) is 2.66. The number of pyridine rings is 1. The molecule has 10 nitrogen and oxygen atoms in total. The molecule has 1 aliphatic carbocycles. The molecule has 0 N–H and O–H groups in total. The van der Waals surface area contributed by atoms with E-state index in [0.717, 1.165) is 32.1 Å². The Balaban J connectivity index is 1.70. The molecular formula is C27H39NO9. The molecule has 2 fully saturated rings. The molecule has 10 heteroatoms. The Morgan fingerprint density at radius 2 is 1.78 bits per heavy atom. The van der Waals surface area contributed by atoms with E-state index in [1.165, 1.54) is 39.1 Å². The number of rotatable bonds is 10. The van der Waals surface area contributed by atoms with Crippen molar-refractivity contribution in [3.8, 4) is 11.5 Å². The Morgan fingerprint density at radius 1 is 1.08 bits per heavy atom. The minimum atomic E-state index is -0.644. The van der Waals surface area contributed by atoms with Crippen molar-refractivity contribution in [2.45, 2.75) is 96.1 Å². The van der Waals surface area contributed by atoms with Gasteiger partial charge in [0.25, 0.3) is 0 Å². The zero-order valence-electron chi connectivity index (χ0n) is 22.2. The molecule has 0 spiro atoms. The zero-order valence-corrected chi connectivity index (χ0v) is 22.2. The zero-order chi connectivity index (χ0) is 26.8. The summed E-state index contributed by atoms with van der Waals surface area (Å²) in [6, 6.07) is 1.54. The Kier molecular flexibility index (Phi) is 11.1. The second kappa shape index (κ2) is 14.3. The third-order valence-electron chi connectivity index (χ3n) is 6.95. The summed E-state index contributed by atoms with van der Waals surface area (Å²) in [4.78, 5) is 41.7. The standard InChI is InChI=1S/C27H39NO9/c1-17-25(33-4)23(37-20-10-6-7-11-20)12-8-5-9-19(27(31)36-17)15-21(30)24-26(35-16-34-18(2)29)22(32-3)13-14-28-24/h13-14,17,19-20,23,25H,5-12,15-16H2,1-4H3/t17-,19+,23-,25-/m0/s1. The molecular weight excluding hydrogens is 482 g/mol. The van der Waals surface area contributed by atoms with Crippen molar-refractivity contribution >= 4 is 17.7 Å². The van der Waals surface area contributed by atoms with Gasteiger partial charge >= 0.3 is 11.9 Å². The number of ether oxygens (including phenoxy) is 6. The number of methoxy groups -OCH3 is 2. The van der Waals surface area contributed by atoms with Crippen LogP contribution in [0.25, 0.3) is 0 Å². The molecule has 1 aromatic rings. The smallest absolute Gasteiger partial charge is 0.309 e. The van der Waals surface area contributed by atoms with Gasteiger partial charge in [0.15, 0.2) is 23.0 Å². The average Bonchev–Trinajstić information content (AvgIpc) is 3.38. The number of Topliss-reactive ketones (excluding diaryl/α,β-unsaturated/α-hetero) is 1. The van der Waals surface area contributed by atoms with E-state index in [1.807, 2.05) is 6.92 Å². The van der Waals surface area contributed by atoms with Gasteiger partial charge in [0.1, 0.15) is 12.2 Å². The van der Waals surface area contributed by atoms with E-state index < -0.39 is 36.5 Å². The summed E-state index contributed by atoms with van der Waals surface area (Å²) in [5, 5.41) is 0. The topological polar surface area (TPSA) is 119 Å². The number of nitrogens with zero attached hydrogens (tertiary/aromatic N) is 1. The molecule has 0 bridgehead atoms. The first-order chi connectivity index (χ1) is 17.8. The quantitative estimate of drug-likeness (QED) is 0.254. The second-order valence-electron chi connectivity index (χ2n) is 9.62. The first kappa shape index (κ1) is 28.8. The predicted octanol–water partition coefficient (Wildman–Crippen LogP) is 4.03. The third-order valence-corrected chi connectivity index (χ3v) is 6.95. The summed E-state index contributed by atoms with van der Waals surface area (Å²) in [5.41, 5.74) is 0.00393. The van der Waals surface area contributed by atoms with Crippen molar-refractivity contribution in [2.75, 3.05) is 21.0 Å². The fourth-order valence-corrected chi connectivity index (χ4v) is 5.03. The summed E-state index contributed by atoms with van der Waals surface area (Å²) in [7, 11) is 3.04. The number of carbonyl (C=O) groups is 3. The molecule has 1 aliphatic heterocycles. The van der Waals surface area contributed by atoms with Crippen molar-refractivity contribution in [1.29, 1.82) is 0 Å². The SMILES string of the molecule is COc1ccnc(C(=O)C[C@H]2CCCC[C@H](OC3CCCC3)[C@@H](OC)[C@H](C)OC2=O)c1OCOC(C)=O. The molecule has 1 aromatic heterocycles. The highest BCUT2D eigenvalue weighted by Gasteiger charge is 2.36. The van der Waals surface area contributed by atoms with Crippen molar-refractivity contribution in [3.05, 3.63) is 18.0 Å². The monoisotopic (exact) mass is 521 g/mol. The fourth-order valence-electron chi connectivity index (χ4n) is 5.03. The predicted molar refractivity (Wildman–Crippen MR) is 132 cm³/mol. The first-order valence-corrected chi connectivity index (χ1v) is 13.0. The van der Waals surface area contributed by atoms with E-state index in [9.17, 15) is 14.4 Å². The van der Waals surface area contributed by atoms with Crippen molar-refractivity contribution < 1.29 is 42.8 Å². The number of hydrogen-bond donors (Lipinski definition) is 0. The van der Waals surface area contributed by atoms with Crippen LogP contribution in [0, 0.1) is 5.92 Å². The molecule has 1 saturated carbocycles. The summed E-state index contributed by atoms with van der Waals surface area (Å²) in [6.07, 6.45) is 7.81. The van der Waals surface area contributed by atoms with Gasteiger partial charge in [-0.2, -0.15) is 0 Å². The molecule has 0 amide bonds. The third kappa shape index (κ3) is 8.13. The van der Waals surface area contributed by atoms with Gasteiger partial charge in [0.05, 0.1) is 25.2 Å². The summed E-state index contributed by atoms with van der Waals surface area (Å²) in [5.74, 6) is -1.69. The van der Waals surface area contributed by atoms with Crippen LogP contribution in [0.5, 0.6) is 11.5 Å². The average molecular weight is 522 g/mol. The van der Waals surface area contributed by atoms with Gasteiger partial charge in [-0.1, -0.05) is 25.7 Å². The molecule has 2 heterocycles. The minimum Gasteiger partial charge on any atom is -0.493 e. The van der Waals surface area contributed by atoms with Crippen molar-refractivity contribution in [1.82, 2.24) is 4.98 Å². The summed E-state index contributed by atoms with van der Waals surface area (Å²) < 4.78 is 33.6. The lowest BCUT2D eigenvalue weighted by Crippen LogP contribution is -2.44. The van der Waals surface area contributed by atoms with Crippen molar-refractivity contribution in [3.63, 3.8) is 0 Å². The molecule has 1 saturated heterocycles. The molecule has 0 unspecified atom stereocenters. The highest BCUT2D eigenvalue weighted by Crippen LogP contribution is 2.33. The number of carbonyl (C=O) groups excluding carboxylic acids is 3. The Hall–Kier alpha value is -2.72. The number of esters is 2. The first-order valence-electron chi connectivity index (χ1n) is 13.0. The van der Waals surface area contributed by atoms with Crippen LogP contribution >= 0.6 is 0 Å². The lowest BCUT2D eigenvalue weighted by Gasteiger charge is -2.34. The maximum absolute atomic E-state index is 13.3. The largest absolute Gasteiger partial charge is 0.493 e. The minimum absolute atomic E-state index is 0.00393. The lowest BCUT2D eigenvalue weighted by molar-refractivity contribution is -0.173. The highest BCUT2D eigenvalue weighted by atomic mass is 16.7.